The highest BCUT2D eigenvalue weighted by Gasteiger charge is 2.41. The van der Waals surface area contributed by atoms with E-state index in [2.05, 4.69) is 28.4 Å². The number of rotatable bonds is 1. The van der Waals surface area contributed by atoms with Crippen LogP contribution in [-0.2, 0) is 9.47 Å². The summed E-state index contributed by atoms with van der Waals surface area (Å²) in [6.07, 6.45) is 4.15. The van der Waals surface area contributed by atoms with Crippen LogP contribution in [0, 0.1) is 0 Å². The lowest BCUT2D eigenvalue weighted by Gasteiger charge is -2.34. The zero-order chi connectivity index (χ0) is 12.7. The summed E-state index contributed by atoms with van der Waals surface area (Å²) in [6, 6.07) is 8.36. The minimum atomic E-state index is -0.275. The molecule has 100 valence electrons. The predicted octanol–water partition coefficient (Wildman–Crippen LogP) is 2.96. The second kappa shape index (κ2) is 4.32. The first-order chi connectivity index (χ1) is 9.36. The van der Waals surface area contributed by atoms with Crippen LogP contribution in [0.1, 0.15) is 37.3 Å². The van der Waals surface area contributed by atoms with Crippen LogP contribution >= 0.6 is 0 Å². The van der Waals surface area contributed by atoms with E-state index >= 15 is 0 Å². The maximum absolute atomic E-state index is 5.78. The van der Waals surface area contributed by atoms with E-state index in [0.717, 1.165) is 44.4 Å². The van der Waals surface area contributed by atoms with Crippen molar-refractivity contribution in [2.45, 2.75) is 37.4 Å². The molecular weight excluding hydrogens is 240 g/mol. The van der Waals surface area contributed by atoms with Crippen molar-refractivity contribution >= 4 is 10.9 Å². The van der Waals surface area contributed by atoms with Crippen LogP contribution in [0.15, 0.2) is 24.3 Å². The molecule has 1 saturated heterocycles. The Morgan fingerprint density at radius 3 is 2.63 bits per heavy atom. The Morgan fingerprint density at radius 1 is 1.11 bits per heavy atom. The van der Waals surface area contributed by atoms with E-state index in [1.807, 2.05) is 6.07 Å². The number of hydrogen-bond acceptors (Lipinski definition) is 3. The minimum absolute atomic E-state index is 0.275. The standard InChI is InChI=1S/C15H18N2O2/c1-2-4-13-12(3-1)14(17-16-13)11-5-7-15(8-6-11)18-9-10-19-15/h1-4,11H,5-10H2,(H,16,17). The van der Waals surface area contributed by atoms with Crippen LogP contribution in [0.3, 0.4) is 0 Å². The first-order valence-electron chi connectivity index (χ1n) is 7.07. The summed E-state index contributed by atoms with van der Waals surface area (Å²) in [5.41, 5.74) is 2.34. The fourth-order valence-corrected chi connectivity index (χ4v) is 3.41. The van der Waals surface area contributed by atoms with Crippen molar-refractivity contribution in [3.63, 3.8) is 0 Å². The Morgan fingerprint density at radius 2 is 1.84 bits per heavy atom. The Hall–Kier alpha value is -1.39. The number of aromatic nitrogens is 2. The maximum atomic E-state index is 5.78. The first kappa shape index (κ1) is 11.4. The highest BCUT2D eigenvalue weighted by molar-refractivity contribution is 5.81. The lowest BCUT2D eigenvalue weighted by molar-refractivity contribution is -0.178. The molecule has 4 rings (SSSR count). The monoisotopic (exact) mass is 258 g/mol. The second-order valence-corrected chi connectivity index (χ2v) is 5.54. The predicted molar refractivity (Wildman–Crippen MR) is 71.9 cm³/mol. The second-order valence-electron chi connectivity index (χ2n) is 5.54. The molecule has 1 aromatic heterocycles. The lowest BCUT2D eigenvalue weighted by atomic mass is 9.82. The number of H-pyrrole nitrogens is 1. The van der Waals surface area contributed by atoms with E-state index in [1.165, 1.54) is 11.1 Å². The van der Waals surface area contributed by atoms with Crippen LogP contribution in [-0.4, -0.2) is 29.2 Å². The van der Waals surface area contributed by atoms with Gasteiger partial charge in [-0.3, -0.25) is 5.10 Å². The summed E-state index contributed by atoms with van der Waals surface area (Å²) in [4.78, 5) is 0. The summed E-state index contributed by atoms with van der Waals surface area (Å²) in [7, 11) is 0. The van der Waals surface area contributed by atoms with Gasteiger partial charge in [0.05, 0.1) is 24.4 Å². The number of nitrogens with zero attached hydrogens (tertiary/aromatic N) is 1. The molecule has 2 aromatic rings. The molecule has 2 fully saturated rings. The van der Waals surface area contributed by atoms with Crippen LogP contribution in [0.4, 0.5) is 0 Å². The zero-order valence-corrected chi connectivity index (χ0v) is 10.9. The van der Waals surface area contributed by atoms with Crippen molar-refractivity contribution < 1.29 is 9.47 Å². The van der Waals surface area contributed by atoms with Gasteiger partial charge in [0, 0.05) is 24.1 Å². The number of fused-ring (bicyclic) bond motifs is 1. The molecule has 2 heterocycles. The molecule has 0 radical (unpaired) electrons. The van der Waals surface area contributed by atoms with Gasteiger partial charge in [0.1, 0.15) is 0 Å². The largest absolute Gasteiger partial charge is 0.348 e. The first-order valence-corrected chi connectivity index (χ1v) is 7.07. The average molecular weight is 258 g/mol. The van der Waals surface area contributed by atoms with Gasteiger partial charge in [-0.05, 0) is 18.9 Å². The third-order valence-electron chi connectivity index (χ3n) is 4.45. The molecule has 0 atom stereocenters. The molecule has 1 saturated carbocycles. The highest BCUT2D eigenvalue weighted by atomic mass is 16.7. The van der Waals surface area contributed by atoms with Gasteiger partial charge in [0.2, 0.25) is 0 Å². The van der Waals surface area contributed by atoms with Crippen LogP contribution in [0.2, 0.25) is 0 Å². The van der Waals surface area contributed by atoms with Gasteiger partial charge in [-0.1, -0.05) is 18.2 Å². The number of nitrogens with one attached hydrogen (secondary N) is 1. The van der Waals surface area contributed by atoms with E-state index in [9.17, 15) is 0 Å². The van der Waals surface area contributed by atoms with Crippen LogP contribution in [0.25, 0.3) is 10.9 Å². The molecule has 0 bridgehead atoms. The fraction of sp³-hybridized carbons (Fsp3) is 0.533. The molecule has 1 spiro atoms. The van der Waals surface area contributed by atoms with Crippen molar-refractivity contribution in [2.24, 2.45) is 0 Å². The third kappa shape index (κ3) is 1.86. The summed E-state index contributed by atoms with van der Waals surface area (Å²) in [5.74, 6) is 0.248. The summed E-state index contributed by atoms with van der Waals surface area (Å²) >= 11 is 0. The summed E-state index contributed by atoms with van der Waals surface area (Å²) in [6.45, 7) is 1.49. The molecule has 0 amide bonds. The molecule has 1 aliphatic carbocycles. The van der Waals surface area contributed by atoms with Gasteiger partial charge >= 0.3 is 0 Å². The van der Waals surface area contributed by atoms with Crippen molar-refractivity contribution in [2.75, 3.05) is 13.2 Å². The van der Waals surface area contributed by atoms with Crippen molar-refractivity contribution in [3.8, 4) is 0 Å². The average Bonchev–Trinajstić information content (AvgIpc) is 3.08. The fourth-order valence-electron chi connectivity index (χ4n) is 3.41. The Kier molecular flexibility index (Phi) is 2.60. The van der Waals surface area contributed by atoms with Gasteiger partial charge in [-0.2, -0.15) is 5.10 Å². The van der Waals surface area contributed by atoms with E-state index in [0.29, 0.717) is 5.92 Å². The molecule has 1 N–H and O–H groups in total. The molecule has 2 aliphatic rings. The lowest BCUT2D eigenvalue weighted by Crippen LogP contribution is -2.34. The van der Waals surface area contributed by atoms with Gasteiger partial charge in [-0.15, -0.1) is 0 Å². The number of hydrogen-bond donors (Lipinski definition) is 1. The number of aromatic amines is 1. The summed E-state index contributed by atoms with van der Waals surface area (Å²) < 4.78 is 11.6. The minimum Gasteiger partial charge on any atom is -0.348 e. The maximum Gasteiger partial charge on any atom is 0.168 e. The molecule has 19 heavy (non-hydrogen) atoms. The number of benzene rings is 1. The van der Waals surface area contributed by atoms with Crippen LogP contribution in [0.5, 0.6) is 0 Å². The third-order valence-corrected chi connectivity index (χ3v) is 4.45. The van der Waals surface area contributed by atoms with E-state index < -0.39 is 0 Å². The topological polar surface area (TPSA) is 47.1 Å². The SMILES string of the molecule is c1ccc2c(C3CCC4(CC3)OCCO4)n[nH]c2c1. The van der Waals surface area contributed by atoms with E-state index in [1.54, 1.807) is 0 Å². The summed E-state index contributed by atoms with van der Waals surface area (Å²) in [5, 5.41) is 8.92. The smallest absolute Gasteiger partial charge is 0.168 e. The molecule has 4 nitrogen and oxygen atoms in total. The molecular formula is C15H18N2O2. The van der Waals surface area contributed by atoms with E-state index in [-0.39, 0.29) is 5.79 Å². The zero-order valence-electron chi connectivity index (χ0n) is 10.9. The van der Waals surface area contributed by atoms with E-state index in [4.69, 9.17) is 9.47 Å². The Labute approximate surface area is 112 Å². The van der Waals surface area contributed by atoms with Crippen molar-refractivity contribution in [1.29, 1.82) is 0 Å². The molecule has 0 unspecified atom stereocenters. The molecule has 4 heteroatoms. The van der Waals surface area contributed by atoms with Gasteiger partial charge in [0.25, 0.3) is 0 Å². The molecule has 1 aromatic carbocycles. The quantitative estimate of drug-likeness (QED) is 0.855. The number of ether oxygens (including phenoxy) is 2. The highest BCUT2D eigenvalue weighted by Crippen LogP contribution is 2.43. The normalized spacial score (nSPS) is 23.4. The van der Waals surface area contributed by atoms with Crippen molar-refractivity contribution in [3.05, 3.63) is 30.0 Å². The van der Waals surface area contributed by atoms with Gasteiger partial charge in [0.15, 0.2) is 5.79 Å². The van der Waals surface area contributed by atoms with Crippen LogP contribution < -0.4 is 0 Å². The van der Waals surface area contributed by atoms with Crippen molar-refractivity contribution in [1.82, 2.24) is 10.2 Å². The van der Waals surface area contributed by atoms with Gasteiger partial charge < -0.3 is 9.47 Å². The Balaban J connectivity index is 1.58. The van der Waals surface area contributed by atoms with Gasteiger partial charge in [-0.25, -0.2) is 0 Å². The Bertz CT molecular complexity index is 577. The molecule has 1 aliphatic heterocycles. The number of para-hydroxylation sites is 1.